The number of hydrogen-bond acceptors (Lipinski definition) is 8. The summed E-state index contributed by atoms with van der Waals surface area (Å²) in [6.45, 7) is 1.91. The van der Waals surface area contributed by atoms with Crippen LogP contribution >= 0.6 is 0 Å². The third-order valence-corrected chi connectivity index (χ3v) is 9.94. The molecule has 0 aromatic carbocycles. The molecule has 7 rings (SSSR count). The van der Waals surface area contributed by atoms with E-state index in [0.717, 1.165) is 38.6 Å². The first kappa shape index (κ1) is 28.7. The number of aromatic nitrogens is 3. The number of likely N-dealkylation sites (tertiary alicyclic amines) is 1. The van der Waals surface area contributed by atoms with Crippen LogP contribution in [0.2, 0.25) is 0 Å². The molecule has 6 heterocycles. The summed E-state index contributed by atoms with van der Waals surface area (Å²) >= 11 is 0. The number of carbonyl (C=O) groups excluding carboxylic acids is 2. The van der Waals surface area contributed by atoms with Gasteiger partial charge in [0.15, 0.2) is 5.78 Å². The van der Waals surface area contributed by atoms with Gasteiger partial charge in [0.25, 0.3) is 5.91 Å². The van der Waals surface area contributed by atoms with Crippen LogP contribution in [-0.2, 0) is 30.8 Å². The van der Waals surface area contributed by atoms with Crippen LogP contribution in [0.15, 0.2) is 48.9 Å². The Bertz CT molecular complexity index is 1600. The van der Waals surface area contributed by atoms with E-state index in [1.54, 1.807) is 17.2 Å². The number of aryl methyl sites for hydroxylation is 1. The van der Waals surface area contributed by atoms with Gasteiger partial charge >= 0.3 is 0 Å². The highest BCUT2D eigenvalue weighted by Crippen LogP contribution is 2.36. The van der Waals surface area contributed by atoms with Crippen molar-refractivity contribution in [3.05, 3.63) is 82.6 Å². The van der Waals surface area contributed by atoms with Gasteiger partial charge in [-0.1, -0.05) is 12.5 Å². The number of anilines is 2. The molecule has 3 aromatic rings. The van der Waals surface area contributed by atoms with E-state index in [1.807, 2.05) is 42.6 Å². The minimum absolute atomic E-state index is 0.0636. The molecule has 0 bridgehead atoms. The molecule has 1 amide bonds. The topological polar surface area (TPSA) is 107 Å². The third kappa shape index (κ3) is 4.99. The van der Waals surface area contributed by atoms with Crippen LogP contribution in [0, 0.1) is 0 Å². The average molecular weight is 596 g/mol. The van der Waals surface area contributed by atoms with Gasteiger partial charge in [-0.15, -0.1) is 0 Å². The Morgan fingerprint density at radius 2 is 1.86 bits per heavy atom. The number of rotatable bonds is 6. The van der Waals surface area contributed by atoms with Gasteiger partial charge in [0.1, 0.15) is 29.4 Å². The van der Waals surface area contributed by atoms with Crippen molar-refractivity contribution in [2.24, 2.45) is 0 Å². The van der Waals surface area contributed by atoms with Crippen LogP contribution in [0.25, 0.3) is 0 Å². The normalized spacial score (nSPS) is 23.9. The summed E-state index contributed by atoms with van der Waals surface area (Å²) in [4.78, 5) is 43.0. The van der Waals surface area contributed by atoms with Crippen LogP contribution < -0.4 is 10.2 Å². The van der Waals surface area contributed by atoms with Crippen molar-refractivity contribution in [1.29, 1.82) is 0 Å². The second-order valence-electron chi connectivity index (χ2n) is 12.6. The molecule has 0 radical (unpaired) electrons. The highest BCUT2D eigenvalue weighted by Gasteiger charge is 2.37. The quantitative estimate of drug-likeness (QED) is 0.440. The van der Waals surface area contributed by atoms with Crippen molar-refractivity contribution in [3.63, 3.8) is 0 Å². The number of ketones is 1. The van der Waals surface area contributed by atoms with Gasteiger partial charge in [-0.3, -0.25) is 19.4 Å². The van der Waals surface area contributed by atoms with Gasteiger partial charge in [-0.05, 0) is 99.3 Å². The molecule has 1 fully saturated rings. The number of aliphatic hydroxyl groups excluding tert-OH is 1. The van der Waals surface area contributed by atoms with E-state index in [1.165, 1.54) is 29.7 Å². The molecular weight excluding hydrogens is 554 g/mol. The first-order valence-electron chi connectivity index (χ1n) is 15.9. The van der Waals surface area contributed by atoms with Crippen LogP contribution in [0.3, 0.4) is 0 Å². The number of carbonyl (C=O) groups is 2. The van der Waals surface area contributed by atoms with Gasteiger partial charge in [0, 0.05) is 49.8 Å². The van der Waals surface area contributed by atoms with Crippen molar-refractivity contribution in [1.82, 2.24) is 24.3 Å². The monoisotopic (exact) mass is 595 g/mol. The largest absolute Gasteiger partial charge is 0.392 e. The number of piperidine rings is 1. The van der Waals surface area contributed by atoms with Crippen molar-refractivity contribution < 1.29 is 14.7 Å². The number of Topliss-reactive ketones (excluding diaryl/α,β-unsaturated/α-hetero) is 1. The fourth-order valence-corrected chi connectivity index (χ4v) is 7.59. The summed E-state index contributed by atoms with van der Waals surface area (Å²) in [6, 6.07) is 7.00. The average Bonchev–Trinajstić information content (AvgIpc) is 3.43. The zero-order chi connectivity index (χ0) is 30.4. The molecule has 0 saturated carbocycles. The van der Waals surface area contributed by atoms with Crippen molar-refractivity contribution in [2.75, 3.05) is 37.4 Å². The van der Waals surface area contributed by atoms with Gasteiger partial charge in [0.2, 0.25) is 0 Å². The second-order valence-corrected chi connectivity index (χ2v) is 12.6. The van der Waals surface area contributed by atoms with E-state index in [9.17, 15) is 14.7 Å². The molecule has 230 valence electrons. The fraction of sp³-hybridized carbons (Fsp3) is 0.471. The Morgan fingerprint density at radius 3 is 2.66 bits per heavy atom. The summed E-state index contributed by atoms with van der Waals surface area (Å²) < 4.78 is 2.17. The van der Waals surface area contributed by atoms with E-state index >= 15 is 0 Å². The maximum Gasteiger partial charge on any atom is 0.276 e. The standard InChI is InChI=1S/C34H41N7O3/c1-38-15-6-5-8-27(38)23-10-11-30(36-20-23)37-26-13-16-39(2)31(32(26)43)24-12-14-35-33(25(24)21-42)41-18-17-40-28-9-4-3-7-22(28)19-29(40)34(41)44/h10-14,16,19-20,26-27,31,42H,3-9,15,17-18,21H2,1-2H3,(H,36,37). The molecule has 3 unspecified atom stereocenters. The highest BCUT2D eigenvalue weighted by atomic mass is 16.3. The number of aliphatic hydroxyl groups is 1. The highest BCUT2D eigenvalue weighted by molar-refractivity contribution is 6.06. The molecular formula is C34H41N7O3. The molecule has 3 atom stereocenters. The summed E-state index contributed by atoms with van der Waals surface area (Å²) in [5, 5.41) is 14.0. The second kappa shape index (κ2) is 11.8. The SMILES string of the molecule is CN1C=CC(Nc2ccc(C3CCCCN3C)cn2)C(=O)C1c1ccnc(N2CCn3c(cc4c3CCCC4)C2=O)c1CO. The Hall–Kier alpha value is -4.02. The molecule has 10 heteroatoms. The number of pyridine rings is 2. The Labute approximate surface area is 258 Å². The smallest absolute Gasteiger partial charge is 0.276 e. The van der Waals surface area contributed by atoms with E-state index < -0.39 is 12.1 Å². The molecule has 44 heavy (non-hydrogen) atoms. The van der Waals surface area contributed by atoms with Crippen LogP contribution in [-0.4, -0.2) is 74.4 Å². The number of hydrogen-bond donors (Lipinski definition) is 2. The lowest BCUT2D eigenvalue weighted by molar-refractivity contribution is -0.123. The van der Waals surface area contributed by atoms with E-state index in [-0.39, 0.29) is 18.3 Å². The third-order valence-electron chi connectivity index (χ3n) is 9.94. The van der Waals surface area contributed by atoms with Crippen molar-refractivity contribution in [3.8, 4) is 0 Å². The Kier molecular flexibility index (Phi) is 7.72. The number of likely N-dealkylation sites (N-methyl/N-ethyl adjacent to an activating group) is 1. The minimum atomic E-state index is -0.660. The lowest BCUT2D eigenvalue weighted by Gasteiger charge is -2.35. The minimum Gasteiger partial charge on any atom is -0.392 e. The number of nitrogens with one attached hydrogen (secondary N) is 1. The maximum absolute atomic E-state index is 14.0. The van der Waals surface area contributed by atoms with Crippen molar-refractivity contribution in [2.45, 2.75) is 76.2 Å². The Morgan fingerprint density at radius 1 is 1.00 bits per heavy atom. The first-order valence-corrected chi connectivity index (χ1v) is 15.9. The van der Waals surface area contributed by atoms with Gasteiger partial charge in [-0.25, -0.2) is 9.97 Å². The lowest BCUT2D eigenvalue weighted by atomic mass is 9.91. The van der Waals surface area contributed by atoms with Crippen LogP contribution in [0.5, 0.6) is 0 Å². The molecule has 0 spiro atoms. The van der Waals surface area contributed by atoms with Crippen LogP contribution in [0.4, 0.5) is 11.6 Å². The molecule has 2 N–H and O–H groups in total. The van der Waals surface area contributed by atoms with Gasteiger partial charge in [0.05, 0.1) is 6.61 Å². The van der Waals surface area contributed by atoms with E-state index in [2.05, 4.69) is 37.9 Å². The zero-order valence-corrected chi connectivity index (χ0v) is 25.6. The molecule has 4 aliphatic rings. The molecule has 3 aliphatic heterocycles. The Balaban J connectivity index is 1.13. The number of amides is 1. The summed E-state index contributed by atoms with van der Waals surface area (Å²) in [5.74, 6) is 0.888. The van der Waals surface area contributed by atoms with E-state index in [4.69, 9.17) is 0 Å². The fourth-order valence-electron chi connectivity index (χ4n) is 7.59. The lowest BCUT2D eigenvalue weighted by Crippen LogP contribution is -2.43. The zero-order valence-electron chi connectivity index (χ0n) is 25.6. The summed E-state index contributed by atoms with van der Waals surface area (Å²) in [6.07, 6.45) is 15.2. The van der Waals surface area contributed by atoms with E-state index in [0.29, 0.717) is 47.6 Å². The first-order chi connectivity index (χ1) is 21.4. The number of fused-ring (bicyclic) bond motifs is 3. The van der Waals surface area contributed by atoms with Crippen LogP contribution in [0.1, 0.15) is 82.6 Å². The van der Waals surface area contributed by atoms with Gasteiger partial charge in [-0.2, -0.15) is 0 Å². The maximum atomic E-state index is 14.0. The number of nitrogens with zero attached hydrogens (tertiary/aromatic N) is 6. The molecule has 1 saturated heterocycles. The molecule has 1 aliphatic carbocycles. The molecule has 3 aromatic heterocycles. The van der Waals surface area contributed by atoms with Gasteiger partial charge < -0.3 is 19.9 Å². The predicted molar refractivity (Wildman–Crippen MR) is 168 cm³/mol. The predicted octanol–water partition coefficient (Wildman–Crippen LogP) is 4.02. The molecule has 10 nitrogen and oxygen atoms in total. The van der Waals surface area contributed by atoms with Crippen molar-refractivity contribution >= 4 is 23.3 Å². The summed E-state index contributed by atoms with van der Waals surface area (Å²) in [5.41, 5.74) is 5.59. The summed E-state index contributed by atoms with van der Waals surface area (Å²) in [7, 11) is 4.02.